The molecule has 3 unspecified atom stereocenters. The fourth-order valence-electron chi connectivity index (χ4n) is 2.55. The second kappa shape index (κ2) is 12.7. The summed E-state index contributed by atoms with van der Waals surface area (Å²) in [5, 5.41) is 16.6. The monoisotopic (exact) mass is 415 g/mol. The van der Waals surface area contributed by atoms with Crippen LogP contribution in [-0.4, -0.2) is 59.4 Å². The van der Waals surface area contributed by atoms with Crippen LogP contribution in [0.3, 0.4) is 0 Å². The van der Waals surface area contributed by atoms with Crippen molar-refractivity contribution in [2.45, 2.75) is 65.1 Å². The second-order valence-electron chi connectivity index (χ2n) is 7.59. The van der Waals surface area contributed by atoms with Gasteiger partial charge in [-0.15, -0.1) is 0 Å². The molecule has 0 saturated carbocycles. The van der Waals surface area contributed by atoms with E-state index in [4.69, 9.17) is 11.5 Å². The van der Waals surface area contributed by atoms with E-state index in [1.807, 2.05) is 13.8 Å². The summed E-state index contributed by atoms with van der Waals surface area (Å²) < 4.78 is 0. The summed E-state index contributed by atoms with van der Waals surface area (Å²) >= 11 is 0. The van der Waals surface area contributed by atoms with Crippen molar-refractivity contribution in [3.05, 3.63) is 0 Å². The van der Waals surface area contributed by atoms with Gasteiger partial charge in [0.15, 0.2) is 0 Å². The Hall–Kier alpha value is -2.69. The van der Waals surface area contributed by atoms with E-state index < -0.39 is 47.7 Å². The van der Waals surface area contributed by atoms with Gasteiger partial charge in [-0.2, -0.15) is 0 Å². The van der Waals surface area contributed by atoms with Gasteiger partial charge in [0.1, 0.15) is 18.1 Å². The van der Waals surface area contributed by atoms with Gasteiger partial charge in [0.25, 0.3) is 0 Å². The summed E-state index contributed by atoms with van der Waals surface area (Å²) in [7, 11) is 0. The lowest BCUT2D eigenvalue weighted by molar-refractivity contribution is -0.143. The molecule has 0 spiro atoms. The summed E-state index contributed by atoms with van der Waals surface area (Å²) in [5.41, 5.74) is 10.4. The van der Waals surface area contributed by atoms with E-state index in [1.165, 1.54) is 0 Å². The molecule has 0 aromatic carbocycles. The molecule has 11 heteroatoms. The molecule has 0 aromatic rings. The Kier molecular flexibility index (Phi) is 11.5. The number of hydrogen-bond donors (Lipinski definition) is 6. The van der Waals surface area contributed by atoms with Gasteiger partial charge < -0.3 is 32.5 Å². The zero-order valence-electron chi connectivity index (χ0n) is 17.4. The Bertz CT molecular complexity index is 608. The number of hydrogen-bond acceptors (Lipinski definition) is 6. The molecule has 0 aliphatic carbocycles. The topological polar surface area (TPSA) is 194 Å². The molecule has 0 bridgehead atoms. The third kappa shape index (κ3) is 10.4. The molecule has 0 aliphatic heterocycles. The van der Waals surface area contributed by atoms with E-state index in [9.17, 15) is 29.1 Å². The summed E-state index contributed by atoms with van der Waals surface area (Å²) in [6.45, 7) is 6.62. The standard InChI is InChI=1S/C18H33N5O6/c1-9(2)7-12(17(27)23-15(10(3)4)18(28)29)22-16(26)11(5-6-13(20)24)21-14(25)8-19/h9-12,15H,5-8,19H2,1-4H3,(H2,20,24)(H,21,25)(H,22,26)(H,23,27)(H,28,29). The van der Waals surface area contributed by atoms with Gasteiger partial charge in [-0.05, 0) is 24.7 Å². The summed E-state index contributed by atoms with van der Waals surface area (Å²) in [5.74, 6) is -4.13. The molecule has 166 valence electrons. The van der Waals surface area contributed by atoms with Gasteiger partial charge in [0, 0.05) is 6.42 Å². The first-order valence-electron chi connectivity index (χ1n) is 9.50. The Morgan fingerprint density at radius 1 is 0.897 bits per heavy atom. The molecule has 3 atom stereocenters. The van der Waals surface area contributed by atoms with Crippen molar-refractivity contribution < 1.29 is 29.1 Å². The Labute approximate surface area is 170 Å². The van der Waals surface area contributed by atoms with E-state index in [0.29, 0.717) is 0 Å². The summed E-state index contributed by atoms with van der Waals surface area (Å²) in [6, 6.07) is -3.24. The van der Waals surface area contributed by atoms with Crippen molar-refractivity contribution in [1.82, 2.24) is 16.0 Å². The molecule has 0 radical (unpaired) electrons. The highest BCUT2D eigenvalue weighted by molar-refractivity contribution is 5.93. The Balaban J connectivity index is 5.38. The van der Waals surface area contributed by atoms with E-state index in [2.05, 4.69) is 16.0 Å². The number of rotatable bonds is 13. The van der Waals surface area contributed by atoms with Crippen molar-refractivity contribution >= 4 is 29.6 Å². The molecule has 29 heavy (non-hydrogen) atoms. The van der Waals surface area contributed by atoms with Crippen molar-refractivity contribution in [3.8, 4) is 0 Å². The zero-order valence-corrected chi connectivity index (χ0v) is 17.4. The molecule has 0 aliphatic rings. The van der Waals surface area contributed by atoms with Crippen molar-refractivity contribution in [2.75, 3.05) is 6.54 Å². The lowest BCUT2D eigenvalue weighted by Gasteiger charge is -2.26. The average molecular weight is 415 g/mol. The predicted octanol–water partition coefficient (Wildman–Crippen LogP) is -1.55. The number of primary amides is 1. The number of carboxylic acid groups (broad SMARTS) is 1. The smallest absolute Gasteiger partial charge is 0.326 e. The van der Waals surface area contributed by atoms with E-state index in [1.54, 1.807) is 13.8 Å². The minimum absolute atomic E-state index is 0.0103. The number of carboxylic acids is 1. The lowest BCUT2D eigenvalue weighted by Crippen LogP contribution is -2.57. The molecule has 0 heterocycles. The number of carbonyl (C=O) groups excluding carboxylic acids is 4. The van der Waals surface area contributed by atoms with Gasteiger partial charge in [0.05, 0.1) is 6.54 Å². The average Bonchev–Trinajstić information content (AvgIpc) is 2.60. The number of amides is 4. The van der Waals surface area contributed by atoms with Crippen molar-refractivity contribution in [3.63, 3.8) is 0 Å². The zero-order chi connectivity index (χ0) is 22.7. The van der Waals surface area contributed by atoms with Crippen LogP contribution in [-0.2, 0) is 24.0 Å². The maximum absolute atomic E-state index is 12.6. The van der Waals surface area contributed by atoms with Gasteiger partial charge in [0.2, 0.25) is 23.6 Å². The first kappa shape index (κ1) is 26.3. The molecule has 0 saturated heterocycles. The normalized spacial score (nSPS) is 14.0. The highest BCUT2D eigenvalue weighted by Gasteiger charge is 2.31. The number of aliphatic carboxylic acids is 1. The minimum atomic E-state index is -1.18. The maximum atomic E-state index is 12.6. The third-order valence-corrected chi connectivity index (χ3v) is 4.09. The maximum Gasteiger partial charge on any atom is 0.326 e. The molecule has 11 nitrogen and oxygen atoms in total. The molecule has 8 N–H and O–H groups in total. The highest BCUT2D eigenvalue weighted by atomic mass is 16.4. The first-order valence-corrected chi connectivity index (χ1v) is 9.50. The van der Waals surface area contributed by atoms with Crippen LogP contribution < -0.4 is 27.4 Å². The Morgan fingerprint density at radius 2 is 1.45 bits per heavy atom. The second-order valence-corrected chi connectivity index (χ2v) is 7.59. The van der Waals surface area contributed by atoms with Crippen LogP contribution in [0.15, 0.2) is 0 Å². The van der Waals surface area contributed by atoms with Gasteiger partial charge >= 0.3 is 5.97 Å². The lowest BCUT2D eigenvalue weighted by atomic mass is 10.00. The predicted molar refractivity (Wildman–Crippen MR) is 105 cm³/mol. The van der Waals surface area contributed by atoms with E-state index in [-0.39, 0.29) is 37.6 Å². The van der Waals surface area contributed by atoms with Crippen LogP contribution in [0.4, 0.5) is 0 Å². The van der Waals surface area contributed by atoms with Crippen LogP contribution in [0.1, 0.15) is 47.0 Å². The SMILES string of the molecule is CC(C)CC(NC(=O)C(CCC(N)=O)NC(=O)CN)C(=O)NC(C(=O)O)C(C)C. The van der Waals surface area contributed by atoms with Crippen LogP contribution in [0, 0.1) is 11.8 Å². The summed E-state index contributed by atoms with van der Waals surface area (Å²) in [4.78, 5) is 59.2. The van der Waals surface area contributed by atoms with Gasteiger partial charge in [-0.3, -0.25) is 19.2 Å². The highest BCUT2D eigenvalue weighted by Crippen LogP contribution is 2.09. The first-order chi connectivity index (χ1) is 13.4. The van der Waals surface area contributed by atoms with Gasteiger partial charge in [-0.25, -0.2) is 4.79 Å². The Morgan fingerprint density at radius 3 is 1.86 bits per heavy atom. The van der Waals surface area contributed by atoms with Crippen molar-refractivity contribution in [2.24, 2.45) is 23.3 Å². The minimum Gasteiger partial charge on any atom is -0.480 e. The molecule has 4 amide bonds. The molecule has 0 rings (SSSR count). The summed E-state index contributed by atoms with van der Waals surface area (Å²) in [6.07, 6.45) is 0.0282. The fraction of sp³-hybridized carbons (Fsp3) is 0.722. The third-order valence-electron chi connectivity index (χ3n) is 4.09. The van der Waals surface area contributed by atoms with Crippen LogP contribution in [0.2, 0.25) is 0 Å². The number of nitrogens with one attached hydrogen (secondary N) is 3. The largest absolute Gasteiger partial charge is 0.480 e. The molecule has 0 aromatic heterocycles. The van der Waals surface area contributed by atoms with Crippen LogP contribution in [0.25, 0.3) is 0 Å². The van der Waals surface area contributed by atoms with E-state index in [0.717, 1.165) is 0 Å². The van der Waals surface area contributed by atoms with Crippen molar-refractivity contribution in [1.29, 1.82) is 0 Å². The fourth-order valence-corrected chi connectivity index (χ4v) is 2.55. The van der Waals surface area contributed by atoms with Gasteiger partial charge in [-0.1, -0.05) is 27.7 Å². The van der Waals surface area contributed by atoms with E-state index >= 15 is 0 Å². The quantitative estimate of drug-likeness (QED) is 0.209. The molecular weight excluding hydrogens is 382 g/mol. The number of nitrogens with two attached hydrogens (primary N) is 2. The van der Waals surface area contributed by atoms with Crippen LogP contribution in [0.5, 0.6) is 0 Å². The molecule has 0 fully saturated rings. The molecular formula is C18H33N5O6. The van der Waals surface area contributed by atoms with Crippen LogP contribution >= 0.6 is 0 Å². The number of carbonyl (C=O) groups is 5.